The second-order valence-electron chi connectivity index (χ2n) is 16.8. The van der Waals surface area contributed by atoms with Crippen molar-refractivity contribution in [1.82, 2.24) is 0 Å². The summed E-state index contributed by atoms with van der Waals surface area (Å²) >= 11 is 0. The van der Waals surface area contributed by atoms with E-state index in [2.05, 4.69) is 241 Å². The number of rotatable bonds is 6. The maximum absolute atomic E-state index is 6.63. The molecule has 0 saturated heterocycles. The number of hydrogen-bond acceptors (Lipinski definition) is 2. The molecule has 0 amide bonds. The lowest BCUT2D eigenvalue weighted by atomic mass is 9.90. The minimum atomic E-state index is 0.875. The lowest BCUT2D eigenvalue weighted by Crippen LogP contribution is -2.10. The van der Waals surface area contributed by atoms with E-state index in [9.17, 15) is 0 Å². The largest absolute Gasteiger partial charge is 0.455 e. The molecule has 0 aliphatic carbocycles. The molecule has 0 fully saturated rings. The number of furan rings is 1. The maximum Gasteiger partial charge on any atom is 0.143 e. The van der Waals surface area contributed by atoms with Gasteiger partial charge in [-0.1, -0.05) is 188 Å². The Morgan fingerprint density at radius 1 is 0.266 bits per heavy atom. The van der Waals surface area contributed by atoms with Crippen LogP contribution in [0.3, 0.4) is 0 Å². The lowest BCUT2D eigenvalue weighted by molar-refractivity contribution is 0.672. The van der Waals surface area contributed by atoms with Crippen molar-refractivity contribution < 1.29 is 4.42 Å². The first-order valence-corrected chi connectivity index (χ1v) is 22.0. The Hall–Kier alpha value is -8.46. The second-order valence-corrected chi connectivity index (χ2v) is 16.8. The number of nitrogens with zero attached hydrogens (tertiary/aromatic N) is 1. The van der Waals surface area contributed by atoms with E-state index in [1.165, 1.54) is 81.9 Å². The lowest BCUT2D eigenvalue weighted by Gasteiger charge is -2.27. The van der Waals surface area contributed by atoms with Gasteiger partial charge in [-0.15, -0.1) is 0 Å². The van der Waals surface area contributed by atoms with Gasteiger partial charge in [0.2, 0.25) is 0 Å². The summed E-state index contributed by atoms with van der Waals surface area (Å²) in [4.78, 5) is 2.42. The molecule has 13 rings (SSSR count). The van der Waals surface area contributed by atoms with Crippen LogP contribution in [0.5, 0.6) is 0 Å². The third kappa shape index (κ3) is 5.73. The highest BCUT2D eigenvalue weighted by atomic mass is 16.3. The van der Waals surface area contributed by atoms with Crippen LogP contribution in [0.15, 0.2) is 241 Å². The van der Waals surface area contributed by atoms with E-state index in [0.717, 1.165) is 44.4 Å². The topological polar surface area (TPSA) is 16.4 Å². The van der Waals surface area contributed by atoms with Crippen molar-refractivity contribution in [3.63, 3.8) is 0 Å². The quantitative estimate of drug-likeness (QED) is 0.156. The number of hydrogen-bond donors (Lipinski definition) is 0. The molecular formula is C62H39NO. The van der Waals surface area contributed by atoms with Gasteiger partial charge in [0.15, 0.2) is 0 Å². The predicted molar refractivity (Wildman–Crippen MR) is 272 cm³/mol. The maximum atomic E-state index is 6.63. The summed E-state index contributed by atoms with van der Waals surface area (Å²) < 4.78 is 6.63. The summed E-state index contributed by atoms with van der Waals surface area (Å²) in [6.45, 7) is 0. The van der Waals surface area contributed by atoms with Crippen LogP contribution in [0.4, 0.5) is 17.1 Å². The van der Waals surface area contributed by atoms with Crippen molar-refractivity contribution in [2.24, 2.45) is 0 Å². The molecule has 0 N–H and O–H groups in total. The fourth-order valence-electron chi connectivity index (χ4n) is 10.3. The smallest absolute Gasteiger partial charge is 0.143 e. The summed E-state index contributed by atoms with van der Waals surface area (Å²) in [7, 11) is 0. The van der Waals surface area contributed by atoms with E-state index in [4.69, 9.17) is 4.42 Å². The zero-order valence-electron chi connectivity index (χ0n) is 34.9. The molecular weight excluding hydrogens is 775 g/mol. The minimum absolute atomic E-state index is 0.875. The Morgan fingerprint density at radius 2 is 0.828 bits per heavy atom. The summed E-state index contributed by atoms with van der Waals surface area (Å²) in [5.41, 5.74) is 12.3. The van der Waals surface area contributed by atoms with Crippen LogP contribution in [0.1, 0.15) is 0 Å². The Bertz CT molecular complexity index is 3960. The number of anilines is 3. The standard InChI is InChI=1S/C62H39NO/c1-2-14-40(15-3-1)47-35-36-48(52-22-9-8-21-51(47)52)42-28-31-44(32-29-42)63(45-33-37-61-59(39-45)57-34-30-41-16-4-7-19-49(41)62(57)64-61)60-27-13-25-53-55(24-12-26-56(53)60)58-38-43-17-5-6-18-46(43)50-20-10-11-23-54(50)58/h1-39H. The minimum Gasteiger partial charge on any atom is -0.455 e. The highest BCUT2D eigenvalue weighted by molar-refractivity contribution is 6.18. The van der Waals surface area contributed by atoms with E-state index in [1.54, 1.807) is 0 Å². The van der Waals surface area contributed by atoms with Crippen LogP contribution in [-0.2, 0) is 0 Å². The average Bonchev–Trinajstić information content (AvgIpc) is 3.75. The normalized spacial score (nSPS) is 11.8. The molecule has 1 aromatic heterocycles. The van der Waals surface area contributed by atoms with E-state index in [1.807, 2.05) is 0 Å². The van der Waals surface area contributed by atoms with Gasteiger partial charge in [-0.2, -0.15) is 0 Å². The molecule has 12 aromatic carbocycles. The van der Waals surface area contributed by atoms with E-state index < -0.39 is 0 Å². The first-order chi connectivity index (χ1) is 31.7. The predicted octanol–water partition coefficient (Wildman–Crippen LogP) is 17.8. The molecule has 13 aromatic rings. The van der Waals surface area contributed by atoms with Gasteiger partial charge in [-0.05, 0) is 125 Å². The molecule has 1 heterocycles. The Kier molecular flexibility index (Phi) is 8.25. The third-order valence-corrected chi connectivity index (χ3v) is 13.2. The Labute approximate surface area is 370 Å². The van der Waals surface area contributed by atoms with Crippen molar-refractivity contribution >= 4 is 92.9 Å². The van der Waals surface area contributed by atoms with Crippen LogP contribution >= 0.6 is 0 Å². The van der Waals surface area contributed by atoms with Crippen molar-refractivity contribution in [3.05, 3.63) is 237 Å². The Morgan fingerprint density at radius 3 is 1.59 bits per heavy atom. The SMILES string of the molecule is c1ccc(-c2ccc(-c3ccc(N(c4ccc5oc6c7ccccc7ccc6c5c4)c4cccc5c(-c6cc7ccccc7c7ccccc67)cccc45)cc3)c3ccccc23)cc1. The summed E-state index contributed by atoms with van der Waals surface area (Å²) in [6, 6.07) is 86.1. The average molecular weight is 814 g/mol. The van der Waals surface area contributed by atoms with Gasteiger partial charge in [-0.3, -0.25) is 0 Å². The van der Waals surface area contributed by atoms with Crippen LogP contribution < -0.4 is 4.90 Å². The van der Waals surface area contributed by atoms with Crippen LogP contribution in [0.25, 0.3) is 109 Å². The van der Waals surface area contributed by atoms with Gasteiger partial charge in [0.05, 0.1) is 5.69 Å². The third-order valence-electron chi connectivity index (χ3n) is 13.2. The summed E-state index contributed by atoms with van der Waals surface area (Å²) in [5.74, 6) is 0. The molecule has 298 valence electrons. The fraction of sp³-hybridized carbons (Fsp3) is 0. The van der Waals surface area contributed by atoms with Gasteiger partial charge in [0, 0.05) is 32.9 Å². The molecule has 0 radical (unpaired) electrons. The van der Waals surface area contributed by atoms with Gasteiger partial charge >= 0.3 is 0 Å². The van der Waals surface area contributed by atoms with Gasteiger partial charge in [-0.25, -0.2) is 0 Å². The summed E-state index contributed by atoms with van der Waals surface area (Å²) in [6.07, 6.45) is 0. The molecule has 0 atom stereocenters. The van der Waals surface area contributed by atoms with Gasteiger partial charge in [0.1, 0.15) is 11.2 Å². The molecule has 0 bridgehead atoms. The van der Waals surface area contributed by atoms with Crippen LogP contribution in [-0.4, -0.2) is 0 Å². The monoisotopic (exact) mass is 813 g/mol. The molecule has 0 aliphatic heterocycles. The number of fused-ring (bicyclic) bond motifs is 10. The first-order valence-electron chi connectivity index (χ1n) is 22.0. The van der Waals surface area contributed by atoms with Crippen molar-refractivity contribution in [2.75, 3.05) is 4.90 Å². The molecule has 0 aliphatic rings. The molecule has 2 nitrogen and oxygen atoms in total. The zero-order chi connectivity index (χ0) is 42.1. The van der Waals surface area contributed by atoms with Gasteiger partial charge in [0.25, 0.3) is 0 Å². The van der Waals surface area contributed by atoms with Gasteiger partial charge < -0.3 is 9.32 Å². The fourth-order valence-corrected chi connectivity index (χ4v) is 10.3. The first kappa shape index (κ1) is 36.2. The Balaban J connectivity index is 1.01. The molecule has 0 unspecified atom stereocenters. The van der Waals surface area contributed by atoms with E-state index in [0.29, 0.717) is 0 Å². The molecule has 64 heavy (non-hydrogen) atoms. The highest BCUT2D eigenvalue weighted by Crippen LogP contribution is 2.46. The summed E-state index contributed by atoms with van der Waals surface area (Å²) in [5, 5.41) is 14.4. The van der Waals surface area contributed by atoms with E-state index >= 15 is 0 Å². The van der Waals surface area contributed by atoms with E-state index in [-0.39, 0.29) is 0 Å². The highest BCUT2D eigenvalue weighted by Gasteiger charge is 2.21. The molecule has 0 saturated carbocycles. The molecule has 0 spiro atoms. The second kappa shape index (κ2) is 14.6. The van der Waals surface area contributed by atoms with Crippen molar-refractivity contribution in [2.45, 2.75) is 0 Å². The van der Waals surface area contributed by atoms with Crippen LogP contribution in [0, 0.1) is 0 Å². The van der Waals surface area contributed by atoms with Crippen molar-refractivity contribution in [3.8, 4) is 33.4 Å². The molecule has 2 heteroatoms. The number of benzene rings is 12. The van der Waals surface area contributed by atoms with Crippen LogP contribution in [0.2, 0.25) is 0 Å². The van der Waals surface area contributed by atoms with Crippen molar-refractivity contribution in [1.29, 1.82) is 0 Å². The zero-order valence-corrected chi connectivity index (χ0v) is 34.9.